The maximum Gasteiger partial charge on any atom is 0.439 e. The van der Waals surface area contributed by atoms with Gasteiger partial charge in [-0.05, 0) is 12.1 Å². The molecule has 0 aliphatic carbocycles. The standard InChI is InChI=1S/C9H4Cl2F6O5S2/c10-4-2-1-3-5(11)6(4)23(18,19)8(14,15)7(12,13)9(16,17)24(20,21)22/h1-3H,(H,20,21,22). The molecule has 1 rings (SSSR count). The van der Waals surface area contributed by atoms with E-state index in [9.17, 15) is 43.2 Å². The highest BCUT2D eigenvalue weighted by atomic mass is 35.5. The van der Waals surface area contributed by atoms with Crippen molar-refractivity contribution in [2.24, 2.45) is 0 Å². The van der Waals surface area contributed by atoms with Gasteiger partial charge in [0.25, 0.3) is 9.84 Å². The second-order valence-corrected chi connectivity index (χ2v) is 8.34. The van der Waals surface area contributed by atoms with Gasteiger partial charge in [-0.25, -0.2) is 8.42 Å². The van der Waals surface area contributed by atoms with E-state index >= 15 is 0 Å². The molecule has 0 spiro atoms. The maximum atomic E-state index is 13.7. The van der Waals surface area contributed by atoms with Crippen molar-refractivity contribution < 1.29 is 47.7 Å². The van der Waals surface area contributed by atoms with Crippen LogP contribution < -0.4 is 0 Å². The molecule has 0 bridgehead atoms. The number of alkyl halides is 6. The van der Waals surface area contributed by atoms with Gasteiger partial charge >= 0.3 is 26.5 Å². The normalized spacial score (nSPS) is 14.7. The third-order valence-electron chi connectivity index (χ3n) is 2.58. The molecular formula is C9H4Cl2F6O5S2. The summed E-state index contributed by atoms with van der Waals surface area (Å²) in [6.45, 7) is 0. The van der Waals surface area contributed by atoms with Crippen LogP contribution in [0.3, 0.4) is 0 Å². The van der Waals surface area contributed by atoms with E-state index in [0.29, 0.717) is 12.1 Å². The lowest BCUT2D eigenvalue weighted by Gasteiger charge is -2.30. The average Bonchev–Trinajstić information content (AvgIpc) is 2.36. The van der Waals surface area contributed by atoms with Gasteiger partial charge in [0.05, 0.1) is 10.0 Å². The Labute approximate surface area is 140 Å². The molecule has 138 valence electrons. The van der Waals surface area contributed by atoms with Gasteiger partial charge in [0.15, 0.2) is 0 Å². The number of sulfone groups is 1. The summed E-state index contributed by atoms with van der Waals surface area (Å²) in [7, 11) is -13.8. The molecular weight excluding hydrogens is 437 g/mol. The molecule has 1 N–H and O–H groups in total. The summed E-state index contributed by atoms with van der Waals surface area (Å²) in [6, 6.07) is 2.21. The zero-order valence-corrected chi connectivity index (χ0v) is 13.8. The van der Waals surface area contributed by atoms with E-state index in [-0.39, 0.29) is 0 Å². The van der Waals surface area contributed by atoms with Crippen LogP contribution in [0.5, 0.6) is 0 Å². The van der Waals surface area contributed by atoms with Crippen LogP contribution in [-0.4, -0.2) is 37.8 Å². The Balaban J connectivity index is 3.76. The first-order valence-electron chi connectivity index (χ1n) is 5.22. The quantitative estimate of drug-likeness (QED) is 0.559. The fraction of sp³-hybridized carbons (Fsp3) is 0.333. The highest BCUT2D eigenvalue weighted by Gasteiger charge is 2.82. The zero-order chi connectivity index (χ0) is 19.4. The lowest BCUT2D eigenvalue weighted by atomic mass is 10.3. The van der Waals surface area contributed by atoms with E-state index in [1.807, 2.05) is 0 Å². The molecule has 0 radical (unpaired) electrons. The summed E-state index contributed by atoms with van der Waals surface area (Å²) in [4.78, 5) is -1.82. The van der Waals surface area contributed by atoms with Gasteiger partial charge in [0.1, 0.15) is 4.90 Å². The van der Waals surface area contributed by atoms with Crippen LogP contribution in [0.2, 0.25) is 10.0 Å². The Morgan fingerprint density at radius 1 is 0.833 bits per heavy atom. The Morgan fingerprint density at radius 2 is 1.21 bits per heavy atom. The minimum absolute atomic E-state index is 0.634. The van der Waals surface area contributed by atoms with E-state index in [0.717, 1.165) is 6.07 Å². The van der Waals surface area contributed by atoms with Crippen LogP contribution >= 0.6 is 23.2 Å². The van der Waals surface area contributed by atoms with Gasteiger partial charge in [-0.3, -0.25) is 4.55 Å². The Morgan fingerprint density at radius 3 is 1.54 bits per heavy atom. The fourth-order valence-electron chi connectivity index (χ4n) is 1.37. The zero-order valence-electron chi connectivity index (χ0n) is 10.7. The molecule has 24 heavy (non-hydrogen) atoms. The lowest BCUT2D eigenvalue weighted by Crippen LogP contribution is -2.60. The van der Waals surface area contributed by atoms with E-state index in [4.69, 9.17) is 27.8 Å². The molecule has 0 saturated carbocycles. The molecule has 0 aliphatic heterocycles. The van der Waals surface area contributed by atoms with Crippen molar-refractivity contribution >= 4 is 43.2 Å². The molecule has 1 aromatic carbocycles. The van der Waals surface area contributed by atoms with Gasteiger partial charge in [-0.2, -0.15) is 34.8 Å². The number of rotatable bonds is 5. The topological polar surface area (TPSA) is 88.5 Å². The van der Waals surface area contributed by atoms with Gasteiger partial charge in [-0.15, -0.1) is 0 Å². The predicted octanol–water partition coefficient (Wildman–Crippen LogP) is 3.48. The van der Waals surface area contributed by atoms with Gasteiger partial charge in [-0.1, -0.05) is 29.3 Å². The van der Waals surface area contributed by atoms with Crippen LogP contribution in [0.4, 0.5) is 26.3 Å². The minimum atomic E-state index is -7.10. The van der Waals surface area contributed by atoms with Gasteiger partial charge in [0.2, 0.25) is 0 Å². The number of halogens is 8. The van der Waals surface area contributed by atoms with Crippen molar-refractivity contribution in [1.29, 1.82) is 0 Å². The van der Waals surface area contributed by atoms with E-state index in [1.54, 1.807) is 0 Å². The highest BCUT2D eigenvalue weighted by Crippen LogP contribution is 2.53. The largest absolute Gasteiger partial charge is 0.439 e. The molecule has 0 saturated heterocycles. The number of benzene rings is 1. The summed E-state index contributed by atoms with van der Waals surface area (Å²) in [5, 5.41) is -15.7. The molecule has 1 aromatic rings. The molecule has 0 aromatic heterocycles. The first-order valence-corrected chi connectivity index (χ1v) is 8.90. The summed E-state index contributed by atoms with van der Waals surface area (Å²) in [5.74, 6) is -7.06. The van der Waals surface area contributed by atoms with Crippen molar-refractivity contribution in [2.45, 2.75) is 21.3 Å². The summed E-state index contributed by atoms with van der Waals surface area (Å²) in [6.07, 6.45) is 0. The monoisotopic (exact) mass is 440 g/mol. The van der Waals surface area contributed by atoms with Crippen LogP contribution in [0.1, 0.15) is 0 Å². The van der Waals surface area contributed by atoms with Crippen LogP contribution in [0.25, 0.3) is 0 Å². The molecule has 0 unspecified atom stereocenters. The molecule has 15 heteroatoms. The van der Waals surface area contributed by atoms with Crippen molar-refractivity contribution in [3.05, 3.63) is 28.2 Å². The Hall–Kier alpha value is -0.760. The Bertz CT molecular complexity index is 848. The summed E-state index contributed by atoms with van der Waals surface area (Å²) < 4.78 is 132. The third kappa shape index (κ3) is 2.85. The van der Waals surface area contributed by atoms with Crippen LogP contribution in [0.15, 0.2) is 23.1 Å². The van der Waals surface area contributed by atoms with E-state index < -0.39 is 51.3 Å². The van der Waals surface area contributed by atoms with Crippen LogP contribution in [-0.2, 0) is 20.0 Å². The fourth-order valence-corrected chi connectivity index (χ4v) is 4.26. The SMILES string of the molecule is O=S(=O)(O)C(F)(F)C(F)(F)C(F)(F)S(=O)(=O)c1c(Cl)cccc1Cl. The lowest BCUT2D eigenvalue weighted by molar-refractivity contribution is -0.245. The van der Waals surface area contributed by atoms with Crippen molar-refractivity contribution in [1.82, 2.24) is 0 Å². The molecule has 5 nitrogen and oxygen atoms in total. The smallest absolute Gasteiger partial charge is 0.281 e. The number of hydrogen-bond acceptors (Lipinski definition) is 4. The van der Waals surface area contributed by atoms with Gasteiger partial charge < -0.3 is 0 Å². The molecule has 0 aliphatic rings. The van der Waals surface area contributed by atoms with Crippen molar-refractivity contribution in [2.75, 3.05) is 0 Å². The molecule has 0 fully saturated rings. The molecule has 0 amide bonds. The number of hydrogen-bond donors (Lipinski definition) is 1. The van der Waals surface area contributed by atoms with E-state index in [2.05, 4.69) is 0 Å². The Kier molecular flexibility index (Phi) is 5.23. The molecule has 0 atom stereocenters. The minimum Gasteiger partial charge on any atom is -0.281 e. The van der Waals surface area contributed by atoms with Crippen molar-refractivity contribution in [3.63, 3.8) is 0 Å². The average molecular weight is 441 g/mol. The highest BCUT2D eigenvalue weighted by molar-refractivity contribution is 7.93. The van der Waals surface area contributed by atoms with Crippen LogP contribution in [0, 0.1) is 0 Å². The first kappa shape index (κ1) is 21.3. The van der Waals surface area contributed by atoms with E-state index in [1.165, 1.54) is 0 Å². The van der Waals surface area contributed by atoms with Crippen molar-refractivity contribution in [3.8, 4) is 0 Å². The third-order valence-corrected chi connectivity index (χ3v) is 6.25. The second-order valence-electron chi connectivity index (χ2n) is 4.14. The van der Waals surface area contributed by atoms with Gasteiger partial charge in [0, 0.05) is 0 Å². The first-order chi connectivity index (χ1) is 10.4. The predicted molar refractivity (Wildman–Crippen MR) is 70.0 cm³/mol. The maximum absolute atomic E-state index is 13.7. The second kappa shape index (κ2) is 5.90. The summed E-state index contributed by atoms with van der Waals surface area (Å²) >= 11 is 10.6. The molecule has 0 heterocycles. The summed E-state index contributed by atoms with van der Waals surface area (Å²) in [5.41, 5.74) is 0.